The number of rotatable bonds is 5. The average molecular weight is 280 g/mol. The summed E-state index contributed by atoms with van der Waals surface area (Å²) in [5, 5.41) is 0. The van der Waals surface area contributed by atoms with Gasteiger partial charge in [0.1, 0.15) is 0 Å². The largest absolute Gasteiger partial charge is 0.464 e. The van der Waals surface area contributed by atoms with Gasteiger partial charge in [0, 0.05) is 13.1 Å². The van der Waals surface area contributed by atoms with Crippen LogP contribution in [0, 0.1) is 5.41 Å². The van der Waals surface area contributed by atoms with Crippen LogP contribution in [0.25, 0.3) is 0 Å². The number of ether oxygens (including phenoxy) is 1. The van der Waals surface area contributed by atoms with Gasteiger partial charge in [0.25, 0.3) is 0 Å². The third-order valence-electron chi connectivity index (χ3n) is 4.11. The number of aromatic nitrogens is 3. The molecule has 1 aliphatic rings. The highest BCUT2D eigenvalue weighted by atomic mass is 16.5. The number of piperidine rings is 1. The number of nitrogens with two attached hydrogens (primary N) is 1. The van der Waals surface area contributed by atoms with Crippen LogP contribution < -0.4 is 20.9 Å². The Morgan fingerprint density at radius 1 is 1.25 bits per heavy atom. The zero-order valence-corrected chi connectivity index (χ0v) is 12.5. The average Bonchev–Trinajstić information content (AvgIpc) is 2.48. The molecule has 2 rings (SSSR count). The SMILES string of the molecule is CCOc1nc(NN)nc(N2CCC(C)(CC)CC2)n1. The van der Waals surface area contributed by atoms with Gasteiger partial charge in [-0.1, -0.05) is 20.3 Å². The van der Waals surface area contributed by atoms with Crippen molar-refractivity contribution >= 4 is 11.9 Å². The van der Waals surface area contributed by atoms with Crippen LogP contribution in [0.1, 0.15) is 40.0 Å². The summed E-state index contributed by atoms with van der Waals surface area (Å²) >= 11 is 0. The van der Waals surface area contributed by atoms with Gasteiger partial charge in [0.15, 0.2) is 0 Å². The maximum absolute atomic E-state index is 5.40. The summed E-state index contributed by atoms with van der Waals surface area (Å²) in [5.41, 5.74) is 2.90. The summed E-state index contributed by atoms with van der Waals surface area (Å²) < 4.78 is 5.36. The molecule has 0 spiro atoms. The summed E-state index contributed by atoms with van der Waals surface area (Å²) in [5.74, 6) is 6.37. The zero-order valence-electron chi connectivity index (χ0n) is 12.5. The Morgan fingerprint density at radius 2 is 1.95 bits per heavy atom. The molecule has 0 amide bonds. The molecule has 7 nitrogen and oxygen atoms in total. The molecule has 0 bridgehead atoms. The van der Waals surface area contributed by atoms with Crippen LogP contribution in [0.3, 0.4) is 0 Å². The van der Waals surface area contributed by atoms with E-state index in [4.69, 9.17) is 10.6 Å². The summed E-state index contributed by atoms with van der Waals surface area (Å²) in [6, 6.07) is 0.314. The number of nitrogens with one attached hydrogen (secondary N) is 1. The monoisotopic (exact) mass is 280 g/mol. The highest BCUT2D eigenvalue weighted by Gasteiger charge is 2.29. The van der Waals surface area contributed by atoms with Gasteiger partial charge in [-0.3, -0.25) is 5.43 Å². The van der Waals surface area contributed by atoms with Gasteiger partial charge in [-0.25, -0.2) is 5.84 Å². The second-order valence-corrected chi connectivity index (χ2v) is 5.47. The summed E-state index contributed by atoms with van der Waals surface area (Å²) in [4.78, 5) is 14.9. The molecule has 2 heterocycles. The minimum atomic E-state index is 0.314. The predicted molar refractivity (Wildman–Crippen MR) is 78.7 cm³/mol. The molecule has 0 radical (unpaired) electrons. The molecule has 1 aromatic rings. The molecule has 0 atom stereocenters. The Labute approximate surface area is 119 Å². The summed E-state index contributed by atoms with van der Waals surface area (Å²) in [7, 11) is 0. The van der Waals surface area contributed by atoms with Crippen molar-refractivity contribution in [1.82, 2.24) is 15.0 Å². The van der Waals surface area contributed by atoms with Crippen molar-refractivity contribution in [3.8, 4) is 6.01 Å². The van der Waals surface area contributed by atoms with Crippen molar-refractivity contribution in [2.75, 3.05) is 30.0 Å². The molecule has 0 unspecified atom stereocenters. The van der Waals surface area contributed by atoms with Gasteiger partial charge < -0.3 is 9.64 Å². The van der Waals surface area contributed by atoms with Crippen LogP contribution in [-0.4, -0.2) is 34.6 Å². The highest BCUT2D eigenvalue weighted by Crippen LogP contribution is 2.35. The van der Waals surface area contributed by atoms with Gasteiger partial charge in [0.2, 0.25) is 11.9 Å². The van der Waals surface area contributed by atoms with E-state index >= 15 is 0 Å². The Kier molecular flexibility index (Phi) is 4.59. The number of hydrogen-bond donors (Lipinski definition) is 2. The molecule has 1 saturated heterocycles. The molecule has 0 aromatic carbocycles. The standard InChI is InChI=1S/C13H24N6O/c1-4-13(3)6-8-19(9-7-13)11-15-10(18-14)16-12(17-11)20-5-2/h4-9,14H2,1-3H3,(H,15,16,17,18). The Bertz CT molecular complexity index is 444. The number of nitrogens with zero attached hydrogens (tertiary/aromatic N) is 4. The van der Waals surface area contributed by atoms with Gasteiger partial charge in [-0.2, -0.15) is 15.0 Å². The molecular weight excluding hydrogens is 256 g/mol. The number of anilines is 2. The first-order chi connectivity index (χ1) is 9.60. The van der Waals surface area contributed by atoms with E-state index < -0.39 is 0 Å². The van der Waals surface area contributed by atoms with E-state index in [1.165, 1.54) is 6.42 Å². The van der Waals surface area contributed by atoms with Gasteiger partial charge in [-0.05, 0) is 25.2 Å². The third kappa shape index (κ3) is 3.27. The van der Waals surface area contributed by atoms with Crippen molar-refractivity contribution in [1.29, 1.82) is 0 Å². The lowest BCUT2D eigenvalue weighted by Crippen LogP contribution is -2.39. The molecule has 20 heavy (non-hydrogen) atoms. The first-order valence-electron chi connectivity index (χ1n) is 7.20. The normalized spacial score (nSPS) is 17.9. The molecule has 0 aliphatic carbocycles. The fourth-order valence-electron chi connectivity index (χ4n) is 2.35. The van der Waals surface area contributed by atoms with Crippen LogP contribution in [0.2, 0.25) is 0 Å². The van der Waals surface area contributed by atoms with Crippen LogP contribution in [-0.2, 0) is 0 Å². The van der Waals surface area contributed by atoms with Crippen molar-refractivity contribution < 1.29 is 4.74 Å². The zero-order chi connectivity index (χ0) is 14.6. The molecule has 1 fully saturated rings. The lowest BCUT2D eigenvalue weighted by atomic mass is 9.78. The quantitative estimate of drug-likeness (QED) is 0.625. The van der Waals surface area contributed by atoms with E-state index in [-0.39, 0.29) is 0 Å². The number of hydrazine groups is 1. The van der Waals surface area contributed by atoms with Crippen molar-refractivity contribution in [3.05, 3.63) is 0 Å². The van der Waals surface area contributed by atoms with Crippen molar-refractivity contribution in [2.45, 2.75) is 40.0 Å². The van der Waals surface area contributed by atoms with Crippen LogP contribution in [0.5, 0.6) is 6.01 Å². The summed E-state index contributed by atoms with van der Waals surface area (Å²) in [6.45, 7) is 8.90. The van der Waals surface area contributed by atoms with Gasteiger partial charge in [0.05, 0.1) is 6.61 Å². The topological polar surface area (TPSA) is 89.2 Å². The minimum absolute atomic E-state index is 0.314. The predicted octanol–water partition coefficient (Wildman–Crippen LogP) is 1.57. The first kappa shape index (κ1) is 14.8. The highest BCUT2D eigenvalue weighted by molar-refractivity contribution is 5.38. The fraction of sp³-hybridized carbons (Fsp3) is 0.769. The van der Waals surface area contributed by atoms with Gasteiger partial charge >= 0.3 is 6.01 Å². The van der Waals surface area contributed by atoms with Crippen molar-refractivity contribution in [2.24, 2.45) is 11.3 Å². The molecule has 0 saturated carbocycles. The first-order valence-corrected chi connectivity index (χ1v) is 7.20. The van der Waals surface area contributed by atoms with Crippen LogP contribution in [0.15, 0.2) is 0 Å². The third-order valence-corrected chi connectivity index (χ3v) is 4.11. The maximum Gasteiger partial charge on any atom is 0.323 e. The van der Waals surface area contributed by atoms with Crippen LogP contribution in [0.4, 0.5) is 11.9 Å². The Hall–Kier alpha value is -1.63. The smallest absolute Gasteiger partial charge is 0.323 e. The van der Waals surface area contributed by atoms with Crippen LogP contribution >= 0.6 is 0 Å². The van der Waals surface area contributed by atoms with E-state index in [9.17, 15) is 0 Å². The number of nitrogen functional groups attached to an aromatic ring is 1. The van der Waals surface area contributed by atoms with Gasteiger partial charge in [-0.15, -0.1) is 0 Å². The molecule has 1 aromatic heterocycles. The summed E-state index contributed by atoms with van der Waals surface area (Å²) in [6.07, 6.45) is 3.49. The van der Waals surface area contributed by atoms with E-state index in [1.807, 2.05) is 6.92 Å². The lowest BCUT2D eigenvalue weighted by molar-refractivity contribution is 0.236. The van der Waals surface area contributed by atoms with E-state index in [2.05, 4.69) is 39.1 Å². The maximum atomic E-state index is 5.40. The minimum Gasteiger partial charge on any atom is -0.464 e. The molecule has 7 heteroatoms. The molecule has 112 valence electrons. The Morgan fingerprint density at radius 3 is 2.50 bits per heavy atom. The second-order valence-electron chi connectivity index (χ2n) is 5.47. The van der Waals surface area contributed by atoms with Crippen molar-refractivity contribution in [3.63, 3.8) is 0 Å². The fourth-order valence-corrected chi connectivity index (χ4v) is 2.35. The molecule has 1 aliphatic heterocycles. The Balaban J connectivity index is 2.14. The van der Waals surface area contributed by atoms with E-state index in [1.54, 1.807) is 0 Å². The molecular formula is C13H24N6O. The van der Waals surface area contributed by atoms with E-state index in [0.29, 0.717) is 29.9 Å². The van der Waals surface area contributed by atoms with E-state index in [0.717, 1.165) is 25.9 Å². The molecule has 3 N–H and O–H groups in total. The number of hydrogen-bond acceptors (Lipinski definition) is 7. The second kappa shape index (κ2) is 6.21. The lowest BCUT2D eigenvalue weighted by Gasteiger charge is -2.38.